The Morgan fingerprint density at radius 1 is 0.913 bits per heavy atom. The molecule has 1 aliphatic heterocycles. The van der Waals surface area contributed by atoms with Crippen LogP contribution in [-0.4, -0.2) is 53.3 Å². The number of amidine groups is 1. The molecule has 1 aliphatic rings. The van der Waals surface area contributed by atoms with Crippen molar-refractivity contribution in [1.29, 1.82) is 0 Å². The third-order valence-electron chi connectivity index (χ3n) is 4.69. The summed E-state index contributed by atoms with van der Waals surface area (Å²) in [5, 5.41) is 18.1. The number of rotatable bonds is 15. The molecule has 4 heteroatoms. The number of unbranched alkanes of at least 4 members (excludes halogenated alkanes) is 8. The van der Waals surface area contributed by atoms with E-state index in [9.17, 15) is 0 Å². The third kappa shape index (κ3) is 9.31. The van der Waals surface area contributed by atoms with Crippen molar-refractivity contribution in [3.8, 4) is 0 Å². The average Bonchev–Trinajstić information content (AvgIpc) is 2.93. The zero-order chi connectivity index (χ0) is 16.8. The molecule has 0 amide bonds. The lowest BCUT2D eigenvalue weighted by Gasteiger charge is -2.20. The average molecular weight is 327 g/mol. The van der Waals surface area contributed by atoms with E-state index >= 15 is 0 Å². The molecule has 0 bridgehead atoms. The highest BCUT2D eigenvalue weighted by atomic mass is 16.3. The van der Waals surface area contributed by atoms with Gasteiger partial charge >= 0.3 is 0 Å². The molecule has 4 nitrogen and oxygen atoms in total. The second-order valence-electron chi connectivity index (χ2n) is 6.81. The van der Waals surface area contributed by atoms with Crippen molar-refractivity contribution in [1.82, 2.24) is 4.90 Å². The van der Waals surface area contributed by atoms with E-state index < -0.39 is 0 Å². The Morgan fingerprint density at radius 2 is 1.57 bits per heavy atom. The van der Waals surface area contributed by atoms with Gasteiger partial charge in [0, 0.05) is 26.1 Å². The van der Waals surface area contributed by atoms with Gasteiger partial charge < -0.3 is 15.1 Å². The van der Waals surface area contributed by atoms with Gasteiger partial charge in [0.15, 0.2) is 0 Å². The summed E-state index contributed by atoms with van der Waals surface area (Å²) < 4.78 is 0. The van der Waals surface area contributed by atoms with Crippen LogP contribution in [0.5, 0.6) is 0 Å². The topological polar surface area (TPSA) is 56.1 Å². The van der Waals surface area contributed by atoms with E-state index in [0.29, 0.717) is 12.5 Å². The Morgan fingerprint density at radius 3 is 2.17 bits per heavy atom. The summed E-state index contributed by atoms with van der Waals surface area (Å²) in [7, 11) is 0. The lowest BCUT2D eigenvalue weighted by Crippen LogP contribution is -2.31. The zero-order valence-corrected chi connectivity index (χ0v) is 15.2. The summed E-state index contributed by atoms with van der Waals surface area (Å²) in [6, 6.07) is 0.403. The van der Waals surface area contributed by atoms with Gasteiger partial charge in [-0.2, -0.15) is 0 Å². The zero-order valence-electron chi connectivity index (χ0n) is 15.2. The van der Waals surface area contributed by atoms with Crippen LogP contribution in [0.4, 0.5) is 0 Å². The first-order chi connectivity index (χ1) is 11.3. The maximum Gasteiger partial charge on any atom is 0.102 e. The SMILES string of the molecule is CCCCCCCCCCCC1CN(CCCO)C(CCO)=N1. The monoisotopic (exact) mass is 326 g/mol. The largest absolute Gasteiger partial charge is 0.396 e. The molecular weight excluding hydrogens is 288 g/mol. The molecular formula is C19H38N2O2. The molecule has 0 saturated carbocycles. The molecule has 23 heavy (non-hydrogen) atoms. The molecule has 0 aliphatic carbocycles. The van der Waals surface area contributed by atoms with Crippen molar-refractivity contribution in [3.05, 3.63) is 0 Å². The van der Waals surface area contributed by atoms with Crippen LogP contribution in [0, 0.1) is 0 Å². The molecule has 1 rings (SSSR count). The maximum absolute atomic E-state index is 9.15. The van der Waals surface area contributed by atoms with Crippen molar-refractivity contribution >= 4 is 5.84 Å². The molecule has 136 valence electrons. The fourth-order valence-corrected chi connectivity index (χ4v) is 3.34. The smallest absolute Gasteiger partial charge is 0.102 e. The summed E-state index contributed by atoms with van der Waals surface area (Å²) in [5.41, 5.74) is 0. The van der Waals surface area contributed by atoms with Crippen LogP contribution in [0.2, 0.25) is 0 Å². The molecule has 0 radical (unpaired) electrons. The van der Waals surface area contributed by atoms with Crippen molar-refractivity contribution < 1.29 is 10.2 Å². The summed E-state index contributed by atoms with van der Waals surface area (Å²) in [4.78, 5) is 7.04. The van der Waals surface area contributed by atoms with Gasteiger partial charge in [-0.15, -0.1) is 0 Å². The van der Waals surface area contributed by atoms with Crippen molar-refractivity contribution in [2.45, 2.75) is 90.0 Å². The molecule has 0 spiro atoms. The summed E-state index contributed by atoms with van der Waals surface area (Å²) in [5.74, 6) is 1.04. The fraction of sp³-hybridized carbons (Fsp3) is 0.947. The predicted octanol–water partition coefficient (Wildman–Crippen LogP) is 3.75. The van der Waals surface area contributed by atoms with E-state index in [1.165, 1.54) is 64.2 Å². The molecule has 2 N–H and O–H groups in total. The second-order valence-corrected chi connectivity index (χ2v) is 6.81. The van der Waals surface area contributed by atoms with Gasteiger partial charge in [0.25, 0.3) is 0 Å². The molecule has 0 aromatic carbocycles. The van der Waals surface area contributed by atoms with Crippen LogP contribution < -0.4 is 0 Å². The van der Waals surface area contributed by atoms with Gasteiger partial charge in [0.05, 0.1) is 12.6 Å². The van der Waals surface area contributed by atoms with Gasteiger partial charge in [-0.05, 0) is 12.8 Å². The number of aliphatic imine (C=N–C) groups is 1. The van der Waals surface area contributed by atoms with Gasteiger partial charge in [-0.25, -0.2) is 0 Å². The number of hydrogen-bond donors (Lipinski definition) is 2. The van der Waals surface area contributed by atoms with Crippen LogP contribution in [-0.2, 0) is 0 Å². The number of hydrogen-bond acceptors (Lipinski definition) is 4. The Balaban J connectivity index is 2.08. The van der Waals surface area contributed by atoms with E-state index in [0.717, 1.165) is 25.3 Å². The highest BCUT2D eigenvalue weighted by molar-refractivity contribution is 5.84. The van der Waals surface area contributed by atoms with Crippen molar-refractivity contribution in [2.24, 2.45) is 4.99 Å². The van der Waals surface area contributed by atoms with E-state index in [4.69, 9.17) is 15.2 Å². The molecule has 0 aromatic heterocycles. The summed E-state index contributed by atoms with van der Waals surface area (Å²) >= 11 is 0. The van der Waals surface area contributed by atoms with Crippen LogP contribution in [0.3, 0.4) is 0 Å². The maximum atomic E-state index is 9.15. The van der Waals surface area contributed by atoms with Crippen LogP contribution >= 0.6 is 0 Å². The molecule has 1 unspecified atom stereocenters. The molecule has 1 heterocycles. The van der Waals surface area contributed by atoms with Crippen LogP contribution in [0.1, 0.15) is 84.0 Å². The second kappa shape index (κ2) is 13.8. The van der Waals surface area contributed by atoms with Gasteiger partial charge in [0.1, 0.15) is 5.84 Å². The minimum atomic E-state index is 0.166. The standard InChI is InChI=1S/C19H38N2O2/c1-2-3-4-5-6-7-8-9-10-12-18-17-21(14-11-15-22)19(20-18)13-16-23/h18,22-23H,2-17H2,1H3. The Labute approximate surface area is 143 Å². The molecule has 0 fully saturated rings. The quantitative estimate of drug-likeness (QED) is 0.451. The van der Waals surface area contributed by atoms with Crippen molar-refractivity contribution in [3.63, 3.8) is 0 Å². The highest BCUT2D eigenvalue weighted by Gasteiger charge is 2.23. The van der Waals surface area contributed by atoms with E-state index in [1.54, 1.807) is 0 Å². The van der Waals surface area contributed by atoms with E-state index in [1.807, 2.05) is 0 Å². The number of aliphatic hydroxyl groups is 2. The van der Waals surface area contributed by atoms with E-state index in [-0.39, 0.29) is 13.2 Å². The van der Waals surface area contributed by atoms with Crippen LogP contribution in [0.15, 0.2) is 4.99 Å². The minimum absolute atomic E-state index is 0.166. The first kappa shape index (κ1) is 20.4. The number of nitrogens with zero attached hydrogens (tertiary/aromatic N) is 2. The molecule has 0 saturated heterocycles. The first-order valence-corrected chi connectivity index (χ1v) is 9.85. The minimum Gasteiger partial charge on any atom is -0.396 e. The lowest BCUT2D eigenvalue weighted by molar-refractivity contribution is 0.263. The van der Waals surface area contributed by atoms with Gasteiger partial charge in [-0.1, -0.05) is 64.7 Å². The highest BCUT2D eigenvalue weighted by Crippen LogP contribution is 2.18. The molecule has 1 atom stereocenters. The van der Waals surface area contributed by atoms with Crippen LogP contribution in [0.25, 0.3) is 0 Å². The fourth-order valence-electron chi connectivity index (χ4n) is 3.34. The first-order valence-electron chi connectivity index (χ1n) is 9.85. The number of aliphatic hydroxyl groups excluding tert-OH is 2. The normalized spacial score (nSPS) is 17.8. The lowest BCUT2D eigenvalue weighted by atomic mass is 10.0. The van der Waals surface area contributed by atoms with E-state index in [2.05, 4.69) is 11.8 Å². The van der Waals surface area contributed by atoms with Gasteiger partial charge in [0.2, 0.25) is 0 Å². The Bertz CT molecular complexity index is 308. The summed E-state index contributed by atoms with van der Waals surface area (Å²) in [6.45, 7) is 4.50. The van der Waals surface area contributed by atoms with Gasteiger partial charge in [-0.3, -0.25) is 4.99 Å². The van der Waals surface area contributed by atoms with Crippen molar-refractivity contribution in [2.75, 3.05) is 26.3 Å². The summed E-state index contributed by atoms with van der Waals surface area (Å²) in [6.07, 6.45) is 14.9. The predicted molar refractivity (Wildman–Crippen MR) is 98.0 cm³/mol. The molecule has 0 aromatic rings. The Hall–Kier alpha value is -0.610. The third-order valence-corrected chi connectivity index (χ3v) is 4.69. The Kier molecular flexibility index (Phi) is 12.3.